The summed E-state index contributed by atoms with van der Waals surface area (Å²) in [6, 6.07) is 17.5. The van der Waals surface area contributed by atoms with Crippen LogP contribution in [-0.2, 0) is 45.6 Å². The number of pyridine rings is 1. The van der Waals surface area contributed by atoms with E-state index >= 15 is 0 Å². The van der Waals surface area contributed by atoms with Gasteiger partial charge in [0.2, 0.25) is 17.7 Å². The lowest BCUT2D eigenvalue weighted by atomic mass is 9.79. The largest absolute Gasteiger partial charge is 0.330 e. The topological polar surface area (TPSA) is 117 Å². The molecule has 1 spiro atoms. The highest BCUT2D eigenvalue weighted by Crippen LogP contribution is 2.46. The molecule has 3 amide bonds. The van der Waals surface area contributed by atoms with Gasteiger partial charge in [0, 0.05) is 29.4 Å². The molecule has 5 rings (SSSR count). The molecule has 2 aliphatic rings. The Morgan fingerprint density at radius 3 is 2.54 bits per heavy atom. The van der Waals surface area contributed by atoms with Crippen LogP contribution in [0.5, 0.6) is 0 Å². The Bertz CT molecular complexity index is 1440. The van der Waals surface area contributed by atoms with E-state index in [1.807, 2.05) is 75.4 Å². The number of nitrogens with zero attached hydrogens (tertiary/aromatic N) is 2. The Kier molecular flexibility index (Phi) is 6.99. The first-order valence-corrected chi connectivity index (χ1v) is 13.4. The molecule has 8 nitrogen and oxygen atoms in total. The van der Waals surface area contributed by atoms with Crippen molar-refractivity contribution in [3.8, 4) is 0 Å². The standard InChI is InChI=1S/C31H35N5O3/c1-30(2,3)29(39)36(18-22-8-5-4-7-20(22)12-13-32)19-26(37)34-24-11-10-21-16-31(17-23(21)15-24)25-9-6-14-33-27(25)35-28(31)38/h4-11,14-15H,12-13,16-19,32H2,1-3H3,(H,34,37)(H,33,35,38). The van der Waals surface area contributed by atoms with Crippen LogP contribution in [0.4, 0.5) is 11.5 Å². The van der Waals surface area contributed by atoms with Crippen molar-refractivity contribution < 1.29 is 14.4 Å². The number of anilines is 2. The molecule has 8 heteroatoms. The second-order valence-electron chi connectivity index (χ2n) is 11.5. The molecule has 0 saturated carbocycles. The number of nitrogens with two attached hydrogens (primary N) is 1. The van der Waals surface area contributed by atoms with Crippen LogP contribution in [0.2, 0.25) is 0 Å². The number of hydrogen-bond acceptors (Lipinski definition) is 5. The quantitative estimate of drug-likeness (QED) is 0.436. The summed E-state index contributed by atoms with van der Waals surface area (Å²) in [4.78, 5) is 45.5. The lowest BCUT2D eigenvalue weighted by Crippen LogP contribution is -2.43. The fraction of sp³-hybridized carbons (Fsp3) is 0.355. The molecule has 1 atom stereocenters. The minimum atomic E-state index is -0.665. The Labute approximate surface area is 229 Å². The van der Waals surface area contributed by atoms with Crippen LogP contribution < -0.4 is 16.4 Å². The van der Waals surface area contributed by atoms with Crippen molar-refractivity contribution in [3.05, 3.63) is 88.6 Å². The molecule has 0 fully saturated rings. The number of carbonyl (C=O) groups is 3. The van der Waals surface area contributed by atoms with Gasteiger partial charge >= 0.3 is 0 Å². The molecule has 1 aromatic heterocycles. The number of rotatable bonds is 7. The predicted octanol–water partition coefficient (Wildman–Crippen LogP) is 3.58. The molecule has 4 N–H and O–H groups in total. The SMILES string of the molecule is CC(C)(C)C(=O)N(CC(=O)Nc1ccc2c(c1)CC1(C2)C(=O)Nc2ncccc21)Cc1ccccc1CCN. The third kappa shape index (κ3) is 5.16. The summed E-state index contributed by atoms with van der Waals surface area (Å²) < 4.78 is 0. The predicted molar refractivity (Wildman–Crippen MR) is 151 cm³/mol. The zero-order valence-electron chi connectivity index (χ0n) is 22.7. The van der Waals surface area contributed by atoms with Crippen LogP contribution in [0.1, 0.15) is 48.6 Å². The first-order chi connectivity index (χ1) is 18.6. The van der Waals surface area contributed by atoms with E-state index in [0.717, 1.165) is 27.8 Å². The van der Waals surface area contributed by atoms with Crippen LogP contribution in [0, 0.1) is 5.41 Å². The molecule has 1 unspecified atom stereocenters. The van der Waals surface area contributed by atoms with Crippen molar-refractivity contribution in [1.29, 1.82) is 0 Å². The number of benzene rings is 2. The van der Waals surface area contributed by atoms with Crippen LogP contribution in [0.3, 0.4) is 0 Å². The Morgan fingerprint density at radius 1 is 1.05 bits per heavy atom. The fourth-order valence-electron chi connectivity index (χ4n) is 5.71. The van der Waals surface area contributed by atoms with E-state index in [2.05, 4.69) is 15.6 Å². The van der Waals surface area contributed by atoms with Crippen molar-refractivity contribution in [2.75, 3.05) is 23.7 Å². The highest BCUT2D eigenvalue weighted by atomic mass is 16.2. The van der Waals surface area contributed by atoms with Crippen LogP contribution in [0.25, 0.3) is 0 Å². The average molecular weight is 526 g/mol. The molecule has 0 bridgehead atoms. The van der Waals surface area contributed by atoms with Gasteiger partial charge in [-0.2, -0.15) is 0 Å². The van der Waals surface area contributed by atoms with Crippen LogP contribution >= 0.6 is 0 Å². The summed E-state index contributed by atoms with van der Waals surface area (Å²) in [5, 5.41) is 5.90. The zero-order valence-corrected chi connectivity index (χ0v) is 22.7. The lowest BCUT2D eigenvalue weighted by Gasteiger charge is -2.30. The average Bonchev–Trinajstić information content (AvgIpc) is 3.41. The Morgan fingerprint density at radius 2 is 1.79 bits per heavy atom. The van der Waals surface area contributed by atoms with Gasteiger partial charge in [0.15, 0.2) is 0 Å². The van der Waals surface area contributed by atoms with Crippen molar-refractivity contribution in [2.45, 2.75) is 52.0 Å². The van der Waals surface area contributed by atoms with E-state index in [0.29, 0.717) is 43.9 Å². The van der Waals surface area contributed by atoms with E-state index in [9.17, 15) is 14.4 Å². The summed E-state index contributed by atoms with van der Waals surface area (Å²) >= 11 is 0. The highest BCUT2D eigenvalue weighted by Gasteiger charge is 2.51. The molecule has 202 valence electrons. The first kappa shape index (κ1) is 26.6. The molecule has 1 aliphatic heterocycles. The van der Waals surface area contributed by atoms with Gasteiger partial charge in [-0.1, -0.05) is 57.2 Å². The van der Waals surface area contributed by atoms with Gasteiger partial charge in [-0.05, 0) is 66.3 Å². The molecule has 0 radical (unpaired) electrons. The van der Waals surface area contributed by atoms with Gasteiger partial charge in [0.25, 0.3) is 0 Å². The van der Waals surface area contributed by atoms with Gasteiger partial charge in [0.1, 0.15) is 12.4 Å². The minimum absolute atomic E-state index is 0.0377. The molecule has 2 heterocycles. The summed E-state index contributed by atoms with van der Waals surface area (Å²) in [5.41, 5.74) is 10.2. The van der Waals surface area contributed by atoms with Gasteiger partial charge < -0.3 is 21.3 Å². The number of hydrogen-bond donors (Lipinski definition) is 3. The van der Waals surface area contributed by atoms with E-state index in [1.165, 1.54) is 0 Å². The Balaban J connectivity index is 1.32. The molecular weight excluding hydrogens is 490 g/mol. The van der Waals surface area contributed by atoms with Crippen LogP contribution in [0.15, 0.2) is 60.8 Å². The maximum absolute atomic E-state index is 13.3. The number of amides is 3. The van der Waals surface area contributed by atoms with Crippen molar-refractivity contribution in [2.24, 2.45) is 11.1 Å². The maximum atomic E-state index is 13.3. The molecular formula is C31H35N5O3. The second-order valence-corrected chi connectivity index (χ2v) is 11.5. The number of carbonyl (C=O) groups excluding carboxylic acids is 3. The number of fused-ring (bicyclic) bond motifs is 3. The van der Waals surface area contributed by atoms with Crippen molar-refractivity contribution >= 4 is 29.2 Å². The lowest BCUT2D eigenvalue weighted by molar-refractivity contribution is -0.142. The van der Waals surface area contributed by atoms with E-state index in [4.69, 9.17) is 5.73 Å². The normalized spacial score (nSPS) is 17.5. The minimum Gasteiger partial charge on any atom is -0.330 e. The van der Waals surface area contributed by atoms with E-state index < -0.39 is 10.8 Å². The highest BCUT2D eigenvalue weighted by molar-refractivity contribution is 6.06. The third-order valence-corrected chi connectivity index (χ3v) is 7.62. The van der Waals surface area contributed by atoms with Gasteiger partial charge in [0.05, 0.1) is 5.41 Å². The molecule has 39 heavy (non-hydrogen) atoms. The van der Waals surface area contributed by atoms with Gasteiger partial charge in [-0.3, -0.25) is 14.4 Å². The van der Waals surface area contributed by atoms with Crippen molar-refractivity contribution in [3.63, 3.8) is 0 Å². The Hall–Kier alpha value is -4.04. The number of aromatic nitrogens is 1. The smallest absolute Gasteiger partial charge is 0.244 e. The summed E-state index contributed by atoms with van der Waals surface area (Å²) in [6.45, 7) is 6.33. The number of nitrogens with one attached hydrogen (secondary N) is 2. The molecule has 0 saturated heterocycles. The fourth-order valence-corrected chi connectivity index (χ4v) is 5.71. The summed E-state index contributed by atoms with van der Waals surface area (Å²) in [7, 11) is 0. The maximum Gasteiger partial charge on any atom is 0.244 e. The molecule has 1 aliphatic carbocycles. The van der Waals surface area contributed by atoms with E-state index in [1.54, 1.807) is 11.1 Å². The third-order valence-electron chi connectivity index (χ3n) is 7.62. The monoisotopic (exact) mass is 525 g/mol. The first-order valence-electron chi connectivity index (χ1n) is 13.4. The second kappa shape index (κ2) is 10.3. The van der Waals surface area contributed by atoms with Crippen molar-refractivity contribution in [1.82, 2.24) is 9.88 Å². The zero-order chi connectivity index (χ0) is 27.8. The van der Waals surface area contributed by atoms with Gasteiger partial charge in [-0.25, -0.2) is 4.98 Å². The van der Waals surface area contributed by atoms with Gasteiger partial charge in [-0.15, -0.1) is 0 Å². The van der Waals surface area contributed by atoms with Crippen LogP contribution in [-0.4, -0.2) is 40.7 Å². The van der Waals surface area contributed by atoms with E-state index in [-0.39, 0.29) is 24.3 Å². The molecule has 2 aromatic carbocycles. The molecule has 3 aromatic rings. The summed E-state index contributed by atoms with van der Waals surface area (Å²) in [5.74, 6) is 0.213. The summed E-state index contributed by atoms with van der Waals surface area (Å²) in [6.07, 6.45) is 3.52.